The summed E-state index contributed by atoms with van der Waals surface area (Å²) in [4.78, 5) is 0. The van der Waals surface area contributed by atoms with E-state index in [0.717, 1.165) is 37.2 Å². The summed E-state index contributed by atoms with van der Waals surface area (Å²) in [6.45, 7) is 2.29. The summed E-state index contributed by atoms with van der Waals surface area (Å²) < 4.78 is 26.5. The third kappa shape index (κ3) is 4.38. The van der Waals surface area contributed by atoms with Crippen molar-refractivity contribution in [1.29, 1.82) is 0 Å². The van der Waals surface area contributed by atoms with E-state index in [2.05, 4.69) is 18.8 Å². The molecule has 0 atom stereocenters. The van der Waals surface area contributed by atoms with Crippen LogP contribution >= 0.6 is 0 Å². The van der Waals surface area contributed by atoms with E-state index in [1.807, 2.05) is 0 Å². The summed E-state index contributed by atoms with van der Waals surface area (Å²) in [5, 5.41) is 0. The fourth-order valence-electron chi connectivity index (χ4n) is 4.29. The van der Waals surface area contributed by atoms with Gasteiger partial charge in [-0.15, -0.1) is 0 Å². The van der Waals surface area contributed by atoms with E-state index >= 15 is 0 Å². The fraction of sp³-hybridized carbons (Fsp3) is 0.636. The third-order valence-electron chi connectivity index (χ3n) is 6.06. The van der Waals surface area contributed by atoms with Gasteiger partial charge >= 0.3 is 0 Å². The molecule has 130 valence electrons. The van der Waals surface area contributed by atoms with Crippen molar-refractivity contribution in [2.24, 2.45) is 17.8 Å². The molecule has 0 spiro atoms. The molecule has 0 unspecified atom stereocenters. The molecule has 0 nitrogen and oxygen atoms in total. The van der Waals surface area contributed by atoms with Gasteiger partial charge in [0.05, 0.1) is 0 Å². The Bertz CT molecular complexity index is 594. The first-order chi connectivity index (χ1) is 11.7. The van der Waals surface area contributed by atoms with E-state index in [-0.39, 0.29) is 0 Å². The molecule has 2 heteroatoms. The van der Waals surface area contributed by atoms with Crippen LogP contribution in [0.2, 0.25) is 0 Å². The average Bonchev–Trinajstić information content (AvgIpc) is 2.63. The summed E-state index contributed by atoms with van der Waals surface area (Å²) in [6.07, 6.45) is 10.8. The summed E-state index contributed by atoms with van der Waals surface area (Å²) in [5.74, 6) is 7.99. The van der Waals surface area contributed by atoms with Crippen LogP contribution in [0, 0.1) is 41.2 Å². The fourth-order valence-corrected chi connectivity index (χ4v) is 4.29. The maximum Gasteiger partial charge on any atom is 0.159 e. The van der Waals surface area contributed by atoms with Gasteiger partial charge in [-0.2, -0.15) is 0 Å². The molecule has 1 aromatic rings. The van der Waals surface area contributed by atoms with Crippen LogP contribution in [0.3, 0.4) is 0 Å². The quantitative estimate of drug-likeness (QED) is 0.546. The number of hydrogen-bond acceptors (Lipinski definition) is 0. The Morgan fingerprint density at radius 1 is 0.833 bits per heavy atom. The van der Waals surface area contributed by atoms with Crippen LogP contribution in [0.1, 0.15) is 76.2 Å². The van der Waals surface area contributed by atoms with Gasteiger partial charge < -0.3 is 0 Å². The van der Waals surface area contributed by atoms with Gasteiger partial charge in [0.1, 0.15) is 0 Å². The van der Waals surface area contributed by atoms with Crippen molar-refractivity contribution in [1.82, 2.24) is 0 Å². The molecule has 0 bridgehead atoms. The monoisotopic (exact) mass is 330 g/mol. The highest BCUT2D eigenvalue weighted by molar-refractivity contribution is 5.23. The first kappa shape index (κ1) is 17.5. The van der Waals surface area contributed by atoms with E-state index in [9.17, 15) is 8.78 Å². The Labute approximate surface area is 145 Å². The molecule has 24 heavy (non-hydrogen) atoms. The molecule has 2 fully saturated rings. The highest BCUT2D eigenvalue weighted by Crippen LogP contribution is 2.36. The highest BCUT2D eigenvalue weighted by atomic mass is 19.2. The molecule has 0 aliphatic heterocycles. The number of rotatable bonds is 2. The van der Waals surface area contributed by atoms with Gasteiger partial charge in [0.25, 0.3) is 0 Å². The second-order valence-electron chi connectivity index (χ2n) is 7.64. The van der Waals surface area contributed by atoms with Crippen molar-refractivity contribution in [3.63, 3.8) is 0 Å². The molecule has 0 radical (unpaired) electrons. The Morgan fingerprint density at radius 3 is 1.96 bits per heavy atom. The lowest BCUT2D eigenvalue weighted by molar-refractivity contribution is 0.309. The van der Waals surface area contributed by atoms with Crippen molar-refractivity contribution in [3.05, 3.63) is 35.4 Å². The maximum absolute atomic E-state index is 13.4. The van der Waals surface area contributed by atoms with E-state index in [1.54, 1.807) is 6.07 Å². The largest absolute Gasteiger partial charge is 0.204 e. The topological polar surface area (TPSA) is 0 Å². The molecule has 2 saturated carbocycles. The van der Waals surface area contributed by atoms with Gasteiger partial charge in [-0.05, 0) is 80.9 Å². The predicted octanol–water partition coefficient (Wildman–Crippen LogP) is 6.46. The molecular formula is C22H28F2. The molecule has 3 rings (SSSR count). The van der Waals surface area contributed by atoms with Crippen LogP contribution in [0.25, 0.3) is 0 Å². The van der Waals surface area contributed by atoms with Crippen molar-refractivity contribution >= 4 is 0 Å². The number of halogens is 2. The smallest absolute Gasteiger partial charge is 0.159 e. The number of benzene rings is 1. The molecule has 0 saturated heterocycles. The lowest BCUT2D eigenvalue weighted by Crippen LogP contribution is -2.14. The minimum absolute atomic E-state index is 0.359. The molecular weight excluding hydrogens is 302 g/mol. The van der Waals surface area contributed by atoms with Gasteiger partial charge in [0.15, 0.2) is 11.6 Å². The van der Waals surface area contributed by atoms with Gasteiger partial charge in [0.2, 0.25) is 0 Å². The summed E-state index contributed by atoms with van der Waals surface area (Å²) >= 11 is 0. The van der Waals surface area contributed by atoms with Crippen molar-refractivity contribution < 1.29 is 8.78 Å². The van der Waals surface area contributed by atoms with Gasteiger partial charge in [0, 0.05) is 11.8 Å². The SMILES string of the molecule is CC[C@H]1CC[C@H](C#C[C@H]2CC[C@H](c3ccc(F)c(F)c3)CC2)CC1. The van der Waals surface area contributed by atoms with Gasteiger partial charge in [-0.1, -0.05) is 31.3 Å². The highest BCUT2D eigenvalue weighted by Gasteiger charge is 2.23. The lowest BCUT2D eigenvalue weighted by atomic mass is 9.78. The summed E-state index contributed by atoms with van der Waals surface area (Å²) in [7, 11) is 0. The zero-order valence-electron chi connectivity index (χ0n) is 14.7. The standard InChI is InChI=1S/C22H28F2/c1-2-16-3-5-17(6-4-16)7-8-18-9-11-19(12-10-18)20-13-14-21(23)22(24)15-20/h13-19H,2-6,9-12H2,1H3/t16-,17-,18-,19-. The third-order valence-corrected chi connectivity index (χ3v) is 6.06. The number of hydrogen-bond donors (Lipinski definition) is 0. The van der Waals surface area contributed by atoms with Crippen LogP contribution in [-0.4, -0.2) is 0 Å². The molecule has 0 heterocycles. The minimum Gasteiger partial charge on any atom is -0.204 e. The summed E-state index contributed by atoms with van der Waals surface area (Å²) in [6, 6.07) is 4.36. The Kier molecular flexibility index (Phi) is 5.93. The Hall–Kier alpha value is -1.36. The Balaban J connectivity index is 1.49. The zero-order valence-corrected chi connectivity index (χ0v) is 14.7. The second-order valence-corrected chi connectivity index (χ2v) is 7.64. The molecule has 2 aliphatic carbocycles. The van der Waals surface area contributed by atoms with Crippen LogP contribution in [-0.2, 0) is 0 Å². The molecule has 0 aromatic heterocycles. The normalized spacial score (nSPS) is 30.5. The van der Waals surface area contributed by atoms with Crippen LogP contribution in [0.15, 0.2) is 18.2 Å². The van der Waals surface area contributed by atoms with E-state index in [4.69, 9.17) is 0 Å². The van der Waals surface area contributed by atoms with E-state index in [1.165, 1.54) is 44.2 Å². The molecule has 0 N–H and O–H groups in total. The second kappa shape index (κ2) is 8.15. The first-order valence-electron chi connectivity index (χ1n) is 9.61. The average molecular weight is 330 g/mol. The lowest BCUT2D eigenvalue weighted by Gasteiger charge is -2.27. The predicted molar refractivity (Wildman–Crippen MR) is 94.6 cm³/mol. The first-order valence-corrected chi connectivity index (χ1v) is 9.61. The summed E-state index contributed by atoms with van der Waals surface area (Å²) in [5.41, 5.74) is 0.943. The molecule has 2 aliphatic rings. The van der Waals surface area contributed by atoms with Gasteiger partial charge in [-0.25, -0.2) is 8.78 Å². The van der Waals surface area contributed by atoms with Crippen LogP contribution < -0.4 is 0 Å². The molecule has 0 amide bonds. The van der Waals surface area contributed by atoms with Crippen LogP contribution in [0.5, 0.6) is 0 Å². The van der Waals surface area contributed by atoms with E-state index < -0.39 is 11.6 Å². The maximum atomic E-state index is 13.4. The van der Waals surface area contributed by atoms with Crippen LogP contribution in [0.4, 0.5) is 8.78 Å². The zero-order chi connectivity index (χ0) is 16.9. The van der Waals surface area contributed by atoms with Crippen molar-refractivity contribution in [2.45, 2.75) is 70.6 Å². The van der Waals surface area contributed by atoms with E-state index in [0.29, 0.717) is 17.8 Å². The van der Waals surface area contributed by atoms with Crippen molar-refractivity contribution in [3.8, 4) is 11.8 Å². The van der Waals surface area contributed by atoms with Crippen molar-refractivity contribution in [2.75, 3.05) is 0 Å². The Morgan fingerprint density at radius 2 is 1.42 bits per heavy atom. The molecule has 1 aromatic carbocycles. The minimum atomic E-state index is -0.754. The van der Waals surface area contributed by atoms with Gasteiger partial charge in [-0.3, -0.25) is 0 Å².